The van der Waals surface area contributed by atoms with Gasteiger partial charge in [0.1, 0.15) is 5.69 Å². The first-order chi connectivity index (χ1) is 10.2. The number of unbranched alkanes of at least 4 members (excludes halogenated alkanes) is 1. The number of hydrogen-bond donors (Lipinski definition) is 3. The van der Waals surface area contributed by atoms with Crippen molar-refractivity contribution in [3.05, 3.63) is 48.2 Å². The first kappa shape index (κ1) is 15.3. The Bertz CT molecular complexity index is 562. The summed E-state index contributed by atoms with van der Waals surface area (Å²) >= 11 is 0. The van der Waals surface area contributed by atoms with Gasteiger partial charge in [-0.25, -0.2) is 0 Å². The van der Waals surface area contributed by atoms with Gasteiger partial charge in [0, 0.05) is 18.3 Å². The standard InChI is InChI=1S/C17H23N3O/c1-2-3-9-14(12-18)19-17(21)16-11-10-15(20-16)13-7-5-4-6-8-13/h4-8,10-11,14,20H,2-3,9,12,18H2,1H3,(H,19,21). The fourth-order valence-corrected chi connectivity index (χ4v) is 2.28. The highest BCUT2D eigenvalue weighted by Gasteiger charge is 2.13. The molecule has 4 nitrogen and oxygen atoms in total. The van der Waals surface area contributed by atoms with Gasteiger partial charge in [-0.2, -0.15) is 0 Å². The van der Waals surface area contributed by atoms with E-state index in [0.717, 1.165) is 30.5 Å². The average Bonchev–Trinajstić information content (AvgIpc) is 3.02. The molecule has 0 aliphatic heterocycles. The molecule has 2 aromatic rings. The van der Waals surface area contributed by atoms with Crippen molar-refractivity contribution in [2.24, 2.45) is 5.73 Å². The van der Waals surface area contributed by atoms with Crippen molar-refractivity contribution >= 4 is 5.91 Å². The van der Waals surface area contributed by atoms with Gasteiger partial charge in [0.2, 0.25) is 0 Å². The topological polar surface area (TPSA) is 70.9 Å². The van der Waals surface area contributed by atoms with Crippen LogP contribution < -0.4 is 11.1 Å². The van der Waals surface area contributed by atoms with E-state index in [9.17, 15) is 4.79 Å². The maximum absolute atomic E-state index is 12.2. The molecule has 0 bridgehead atoms. The van der Waals surface area contributed by atoms with Crippen LogP contribution in [0.4, 0.5) is 0 Å². The van der Waals surface area contributed by atoms with E-state index in [1.54, 1.807) is 0 Å². The van der Waals surface area contributed by atoms with E-state index in [1.165, 1.54) is 0 Å². The molecule has 1 aromatic heterocycles. The zero-order chi connectivity index (χ0) is 15.1. The minimum atomic E-state index is -0.0938. The third kappa shape index (κ3) is 4.20. The van der Waals surface area contributed by atoms with Crippen LogP contribution in [0.5, 0.6) is 0 Å². The van der Waals surface area contributed by atoms with Gasteiger partial charge in [0.25, 0.3) is 5.91 Å². The highest BCUT2D eigenvalue weighted by Crippen LogP contribution is 2.17. The van der Waals surface area contributed by atoms with Crippen LogP contribution >= 0.6 is 0 Å². The first-order valence-corrected chi connectivity index (χ1v) is 7.50. The molecular weight excluding hydrogens is 262 g/mol. The molecule has 0 spiro atoms. The monoisotopic (exact) mass is 285 g/mol. The Morgan fingerprint density at radius 3 is 2.67 bits per heavy atom. The Kier molecular flexibility index (Phi) is 5.58. The molecule has 1 amide bonds. The summed E-state index contributed by atoms with van der Waals surface area (Å²) < 4.78 is 0. The first-order valence-electron chi connectivity index (χ1n) is 7.50. The van der Waals surface area contributed by atoms with Crippen molar-refractivity contribution in [1.29, 1.82) is 0 Å². The van der Waals surface area contributed by atoms with Crippen molar-refractivity contribution < 1.29 is 4.79 Å². The maximum Gasteiger partial charge on any atom is 0.267 e. The number of amides is 1. The van der Waals surface area contributed by atoms with Gasteiger partial charge in [0.15, 0.2) is 0 Å². The summed E-state index contributed by atoms with van der Waals surface area (Å²) in [5.41, 5.74) is 8.29. The van der Waals surface area contributed by atoms with Crippen LogP contribution in [0.15, 0.2) is 42.5 Å². The molecule has 1 unspecified atom stereocenters. The van der Waals surface area contributed by atoms with Crippen LogP contribution in [0, 0.1) is 0 Å². The van der Waals surface area contributed by atoms with Crippen molar-refractivity contribution in [3.63, 3.8) is 0 Å². The molecule has 4 heteroatoms. The van der Waals surface area contributed by atoms with Crippen LogP contribution in [-0.2, 0) is 0 Å². The van der Waals surface area contributed by atoms with Gasteiger partial charge in [-0.05, 0) is 24.1 Å². The lowest BCUT2D eigenvalue weighted by atomic mass is 10.1. The minimum Gasteiger partial charge on any atom is -0.351 e. The van der Waals surface area contributed by atoms with E-state index in [-0.39, 0.29) is 11.9 Å². The zero-order valence-corrected chi connectivity index (χ0v) is 12.4. The summed E-state index contributed by atoms with van der Waals surface area (Å²) in [6.45, 7) is 2.60. The fourth-order valence-electron chi connectivity index (χ4n) is 2.28. The van der Waals surface area contributed by atoms with Crippen LogP contribution in [0.2, 0.25) is 0 Å². The molecule has 0 aliphatic rings. The van der Waals surface area contributed by atoms with E-state index in [0.29, 0.717) is 12.2 Å². The van der Waals surface area contributed by atoms with Crippen LogP contribution in [0.3, 0.4) is 0 Å². The van der Waals surface area contributed by atoms with Crippen molar-refractivity contribution in [1.82, 2.24) is 10.3 Å². The predicted molar refractivity (Wildman–Crippen MR) is 86.1 cm³/mol. The number of aromatic nitrogens is 1. The summed E-state index contributed by atoms with van der Waals surface area (Å²) in [4.78, 5) is 15.4. The lowest BCUT2D eigenvalue weighted by Gasteiger charge is -2.15. The number of benzene rings is 1. The van der Waals surface area contributed by atoms with Crippen molar-refractivity contribution in [2.45, 2.75) is 32.2 Å². The van der Waals surface area contributed by atoms with Gasteiger partial charge < -0.3 is 16.0 Å². The summed E-state index contributed by atoms with van der Waals surface area (Å²) in [5, 5.41) is 2.99. The Morgan fingerprint density at radius 1 is 1.24 bits per heavy atom. The van der Waals surface area contributed by atoms with Crippen LogP contribution in [0.25, 0.3) is 11.3 Å². The van der Waals surface area contributed by atoms with Gasteiger partial charge >= 0.3 is 0 Å². The Morgan fingerprint density at radius 2 is 2.00 bits per heavy atom. The molecule has 112 valence electrons. The second-order valence-corrected chi connectivity index (χ2v) is 5.20. The minimum absolute atomic E-state index is 0.0425. The summed E-state index contributed by atoms with van der Waals surface area (Å²) in [5.74, 6) is -0.0938. The molecule has 1 heterocycles. The molecule has 0 saturated heterocycles. The highest BCUT2D eigenvalue weighted by atomic mass is 16.1. The third-order valence-electron chi connectivity index (χ3n) is 3.54. The molecule has 21 heavy (non-hydrogen) atoms. The number of aromatic amines is 1. The molecule has 0 radical (unpaired) electrons. The van der Waals surface area contributed by atoms with E-state index in [4.69, 9.17) is 5.73 Å². The van der Waals surface area contributed by atoms with Crippen molar-refractivity contribution in [3.8, 4) is 11.3 Å². The normalized spacial score (nSPS) is 12.1. The average molecular weight is 285 g/mol. The summed E-state index contributed by atoms with van der Waals surface area (Å²) in [7, 11) is 0. The van der Waals surface area contributed by atoms with Crippen LogP contribution in [-0.4, -0.2) is 23.5 Å². The van der Waals surface area contributed by atoms with E-state index in [2.05, 4.69) is 17.2 Å². The van der Waals surface area contributed by atoms with Gasteiger partial charge in [-0.15, -0.1) is 0 Å². The number of nitrogens with one attached hydrogen (secondary N) is 2. The number of carbonyl (C=O) groups is 1. The molecule has 1 aromatic carbocycles. The molecule has 0 aliphatic carbocycles. The Balaban J connectivity index is 2.02. The van der Waals surface area contributed by atoms with Gasteiger partial charge in [-0.3, -0.25) is 4.79 Å². The second kappa shape index (κ2) is 7.64. The highest BCUT2D eigenvalue weighted by molar-refractivity contribution is 5.93. The van der Waals surface area contributed by atoms with E-state index in [1.807, 2.05) is 42.5 Å². The van der Waals surface area contributed by atoms with E-state index < -0.39 is 0 Å². The van der Waals surface area contributed by atoms with Crippen molar-refractivity contribution in [2.75, 3.05) is 6.54 Å². The van der Waals surface area contributed by atoms with E-state index >= 15 is 0 Å². The lowest BCUT2D eigenvalue weighted by Crippen LogP contribution is -2.40. The SMILES string of the molecule is CCCCC(CN)NC(=O)c1ccc(-c2ccccc2)[nH]1. The molecule has 2 rings (SSSR count). The fraction of sp³-hybridized carbons (Fsp3) is 0.353. The smallest absolute Gasteiger partial charge is 0.267 e. The summed E-state index contributed by atoms with van der Waals surface area (Å²) in [6.07, 6.45) is 3.10. The summed E-state index contributed by atoms with van der Waals surface area (Å²) in [6, 6.07) is 13.7. The second-order valence-electron chi connectivity index (χ2n) is 5.20. The number of H-pyrrole nitrogens is 1. The Labute approximate surface area is 125 Å². The zero-order valence-electron chi connectivity index (χ0n) is 12.4. The number of hydrogen-bond acceptors (Lipinski definition) is 2. The third-order valence-corrected chi connectivity index (χ3v) is 3.54. The van der Waals surface area contributed by atoms with Gasteiger partial charge in [0.05, 0.1) is 0 Å². The lowest BCUT2D eigenvalue weighted by molar-refractivity contribution is 0.0931. The number of rotatable bonds is 7. The molecule has 1 atom stereocenters. The largest absolute Gasteiger partial charge is 0.351 e. The van der Waals surface area contributed by atoms with Crippen LogP contribution in [0.1, 0.15) is 36.7 Å². The molecular formula is C17H23N3O. The number of nitrogens with two attached hydrogens (primary N) is 1. The molecule has 0 fully saturated rings. The maximum atomic E-state index is 12.2. The molecule has 0 saturated carbocycles. The molecule has 4 N–H and O–H groups in total. The Hall–Kier alpha value is -2.07. The predicted octanol–water partition coefficient (Wildman–Crippen LogP) is 2.93. The van der Waals surface area contributed by atoms with Gasteiger partial charge in [-0.1, -0.05) is 50.1 Å². The quantitative estimate of drug-likeness (QED) is 0.732. The number of carbonyl (C=O) groups excluding carboxylic acids is 1.